The molecule has 0 spiro atoms. The van der Waals surface area contributed by atoms with Gasteiger partial charge in [-0.1, -0.05) is 40.7 Å². The van der Waals surface area contributed by atoms with Crippen LogP contribution in [-0.4, -0.2) is 26.3 Å². The minimum absolute atomic E-state index is 0.0821. The van der Waals surface area contributed by atoms with Gasteiger partial charge in [-0.05, 0) is 24.1 Å². The highest BCUT2D eigenvalue weighted by molar-refractivity contribution is 5.43. The molecule has 3 heteroatoms. The van der Waals surface area contributed by atoms with Gasteiger partial charge in [-0.25, -0.2) is 0 Å². The van der Waals surface area contributed by atoms with Crippen LogP contribution in [-0.2, 0) is 6.42 Å². The molecular weight excluding hydrogens is 250 g/mol. The van der Waals surface area contributed by atoms with E-state index in [4.69, 9.17) is 9.47 Å². The highest BCUT2D eigenvalue weighted by atomic mass is 16.5. The lowest BCUT2D eigenvalue weighted by Gasteiger charge is -2.26. The van der Waals surface area contributed by atoms with Gasteiger partial charge >= 0.3 is 0 Å². The monoisotopic (exact) mass is 279 g/mol. The van der Waals surface area contributed by atoms with E-state index >= 15 is 0 Å². The van der Waals surface area contributed by atoms with Crippen LogP contribution in [0.5, 0.6) is 11.5 Å². The van der Waals surface area contributed by atoms with Crippen LogP contribution in [0.4, 0.5) is 0 Å². The molecule has 1 rings (SSSR count). The Kier molecular flexibility index (Phi) is 6.34. The third-order valence-corrected chi connectivity index (χ3v) is 3.24. The molecule has 0 saturated heterocycles. The Morgan fingerprint density at radius 3 is 2.45 bits per heavy atom. The van der Waals surface area contributed by atoms with Crippen LogP contribution in [0.2, 0.25) is 0 Å². The molecule has 3 nitrogen and oxygen atoms in total. The maximum absolute atomic E-state index is 5.96. The number of benzene rings is 1. The second-order valence-corrected chi connectivity index (χ2v) is 6.33. The quantitative estimate of drug-likeness (QED) is 0.787. The maximum Gasteiger partial charge on any atom is 0.161 e. The van der Waals surface area contributed by atoms with Crippen molar-refractivity contribution in [1.82, 2.24) is 5.32 Å². The number of nitrogens with one attached hydrogen (secondary N) is 1. The molecule has 0 unspecified atom stereocenters. The molecule has 0 radical (unpaired) electrons. The average Bonchev–Trinajstić information content (AvgIpc) is 2.43. The van der Waals surface area contributed by atoms with Crippen LogP contribution >= 0.6 is 0 Å². The average molecular weight is 279 g/mol. The smallest absolute Gasteiger partial charge is 0.161 e. The van der Waals surface area contributed by atoms with Crippen molar-refractivity contribution in [2.75, 3.05) is 20.3 Å². The summed E-state index contributed by atoms with van der Waals surface area (Å²) >= 11 is 0. The van der Waals surface area contributed by atoms with Crippen LogP contribution in [0, 0.1) is 5.41 Å². The van der Waals surface area contributed by atoms with Gasteiger partial charge in [-0.15, -0.1) is 0 Å². The summed E-state index contributed by atoms with van der Waals surface area (Å²) in [5.74, 6) is 1.64. The van der Waals surface area contributed by atoms with Crippen LogP contribution in [0.15, 0.2) is 18.2 Å². The van der Waals surface area contributed by atoms with Crippen molar-refractivity contribution in [2.24, 2.45) is 5.41 Å². The molecule has 0 bridgehead atoms. The molecular formula is C17H29NO2. The summed E-state index contributed by atoms with van der Waals surface area (Å²) in [7, 11) is 1.69. The summed E-state index contributed by atoms with van der Waals surface area (Å²) in [6, 6.07) is 6.64. The molecule has 0 aliphatic heterocycles. The summed E-state index contributed by atoms with van der Waals surface area (Å²) in [6.45, 7) is 12.4. The summed E-state index contributed by atoms with van der Waals surface area (Å²) in [4.78, 5) is 0. The summed E-state index contributed by atoms with van der Waals surface area (Å²) in [6.07, 6.45) is 1.00. The molecule has 0 saturated carbocycles. The minimum Gasteiger partial charge on any atom is -0.493 e. The van der Waals surface area contributed by atoms with Gasteiger partial charge in [0.05, 0.1) is 13.7 Å². The molecule has 0 atom stereocenters. The Hall–Kier alpha value is -1.22. The topological polar surface area (TPSA) is 30.5 Å². The van der Waals surface area contributed by atoms with E-state index in [2.05, 4.69) is 52.1 Å². The number of ether oxygens (including phenoxy) is 2. The molecule has 0 aliphatic carbocycles. The number of hydrogen-bond acceptors (Lipinski definition) is 3. The molecule has 20 heavy (non-hydrogen) atoms. The molecule has 0 aliphatic rings. The van der Waals surface area contributed by atoms with E-state index in [0.717, 1.165) is 24.5 Å². The largest absolute Gasteiger partial charge is 0.493 e. The molecule has 0 fully saturated rings. The van der Waals surface area contributed by atoms with Crippen molar-refractivity contribution in [3.8, 4) is 11.5 Å². The molecule has 0 heterocycles. The van der Waals surface area contributed by atoms with Gasteiger partial charge in [0.25, 0.3) is 0 Å². The first-order chi connectivity index (χ1) is 9.38. The highest BCUT2D eigenvalue weighted by Gasteiger charge is 2.20. The first kappa shape index (κ1) is 16.8. The van der Waals surface area contributed by atoms with E-state index in [1.54, 1.807) is 7.11 Å². The second-order valence-electron chi connectivity index (χ2n) is 6.33. The number of aryl methyl sites for hydroxylation is 1. The Balaban J connectivity index is 2.64. The van der Waals surface area contributed by atoms with Gasteiger partial charge in [-0.2, -0.15) is 0 Å². The fourth-order valence-electron chi connectivity index (χ4n) is 1.86. The lowest BCUT2D eigenvalue weighted by atomic mass is 9.94. The van der Waals surface area contributed by atoms with E-state index in [0.29, 0.717) is 12.6 Å². The number of rotatable bonds is 8. The summed E-state index contributed by atoms with van der Waals surface area (Å²) in [5, 5.41) is 3.46. The zero-order valence-corrected chi connectivity index (χ0v) is 13.7. The molecule has 114 valence electrons. The standard InChI is InChI=1S/C17H29NO2/c1-7-14-8-9-15(16(10-14)19-6)20-12-17(4,5)11-18-13(2)3/h8-10,13,18H,7,11-12H2,1-6H3. The molecule has 1 N–H and O–H groups in total. The highest BCUT2D eigenvalue weighted by Crippen LogP contribution is 2.29. The first-order valence-corrected chi connectivity index (χ1v) is 7.41. The van der Waals surface area contributed by atoms with Crippen molar-refractivity contribution in [1.29, 1.82) is 0 Å². The Labute approximate surface area is 123 Å². The lowest BCUT2D eigenvalue weighted by molar-refractivity contribution is 0.168. The van der Waals surface area contributed by atoms with Crippen LogP contribution < -0.4 is 14.8 Å². The normalized spacial score (nSPS) is 11.8. The van der Waals surface area contributed by atoms with E-state index in [9.17, 15) is 0 Å². The second kappa shape index (κ2) is 7.53. The van der Waals surface area contributed by atoms with Crippen molar-refractivity contribution < 1.29 is 9.47 Å². The predicted octanol–water partition coefficient (Wildman–Crippen LogP) is 3.66. The summed E-state index contributed by atoms with van der Waals surface area (Å²) in [5.41, 5.74) is 1.34. The Morgan fingerprint density at radius 2 is 1.90 bits per heavy atom. The van der Waals surface area contributed by atoms with Gasteiger partial charge < -0.3 is 14.8 Å². The third-order valence-electron chi connectivity index (χ3n) is 3.24. The number of methoxy groups -OCH3 is 1. The summed E-state index contributed by atoms with van der Waals surface area (Å²) < 4.78 is 11.4. The van der Waals surface area contributed by atoms with E-state index in [1.165, 1.54) is 5.56 Å². The molecule has 0 amide bonds. The SMILES string of the molecule is CCc1ccc(OCC(C)(C)CNC(C)C)c(OC)c1. The molecule has 1 aromatic rings. The van der Waals surface area contributed by atoms with Gasteiger partial charge in [-0.3, -0.25) is 0 Å². The zero-order valence-electron chi connectivity index (χ0n) is 13.7. The van der Waals surface area contributed by atoms with Crippen molar-refractivity contribution in [2.45, 2.75) is 47.1 Å². The zero-order chi connectivity index (χ0) is 15.2. The van der Waals surface area contributed by atoms with Gasteiger partial charge in [0.1, 0.15) is 0 Å². The van der Waals surface area contributed by atoms with Gasteiger partial charge in [0.15, 0.2) is 11.5 Å². The Bertz CT molecular complexity index is 413. The Morgan fingerprint density at radius 1 is 1.20 bits per heavy atom. The predicted molar refractivity (Wildman–Crippen MR) is 84.8 cm³/mol. The van der Waals surface area contributed by atoms with E-state index < -0.39 is 0 Å². The van der Waals surface area contributed by atoms with Crippen molar-refractivity contribution >= 4 is 0 Å². The van der Waals surface area contributed by atoms with Gasteiger partial charge in [0, 0.05) is 18.0 Å². The molecule has 0 aromatic heterocycles. The minimum atomic E-state index is 0.0821. The maximum atomic E-state index is 5.96. The first-order valence-electron chi connectivity index (χ1n) is 7.41. The number of hydrogen-bond donors (Lipinski definition) is 1. The van der Waals surface area contributed by atoms with E-state index in [1.807, 2.05) is 6.07 Å². The van der Waals surface area contributed by atoms with Crippen molar-refractivity contribution in [3.63, 3.8) is 0 Å². The van der Waals surface area contributed by atoms with E-state index in [-0.39, 0.29) is 5.41 Å². The third kappa shape index (κ3) is 5.41. The van der Waals surface area contributed by atoms with Crippen LogP contribution in [0.1, 0.15) is 40.2 Å². The lowest BCUT2D eigenvalue weighted by Crippen LogP contribution is -2.37. The van der Waals surface area contributed by atoms with Crippen LogP contribution in [0.25, 0.3) is 0 Å². The van der Waals surface area contributed by atoms with Crippen molar-refractivity contribution in [3.05, 3.63) is 23.8 Å². The molecule has 1 aromatic carbocycles. The van der Waals surface area contributed by atoms with Crippen LogP contribution in [0.3, 0.4) is 0 Å². The van der Waals surface area contributed by atoms with Gasteiger partial charge in [0.2, 0.25) is 0 Å². The fourth-order valence-corrected chi connectivity index (χ4v) is 1.86. The fraction of sp³-hybridized carbons (Fsp3) is 0.647.